The van der Waals surface area contributed by atoms with Gasteiger partial charge >= 0.3 is 0 Å². The zero-order valence-corrected chi connectivity index (χ0v) is 11.5. The van der Waals surface area contributed by atoms with E-state index in [2.05, 4.69) is 41.3 Å². The third-order valence-corrected chi connectivity index (χ3v) is 3.16. The number of benzene rings is 1. The number of hydrogen-bond donors (Lipinski definition) is 0. The Bertz CT molecular complexity index is 543. The van der Waals surface area contributed by atoms with Gasteiger partial charge in [0, 0.05) is 13.0 Å². The van der Waals surface area contributed by atoms with Crippen molar-refractivity contribution < 1.29 is 4.79 Å². The lowest BCUT2D eigenvalue weighted by molar-refractivity contribution is -0.118. The Labute approximate surface area is 113 Å². The summed E-state index contributed by atoms with van der Waals surface area (Å²) >= 11 is 0. The zero-order chi connectivity index (χ0) is 13.7. The number of carbonyl (C=O) groups is 1. The number of ketones is 1. The molecule has 0 saturated heterocycles. The molecule has 0 spiro atoms. The predicted octanol–water partition coefficient (Wildman–Crippen LogP) is 2.35. The summed E-state index contributed by atoms with van der Waals surface area (Å²) in [5.41, 5.74) is 2.45. The molecule has 0 N–H and O–H groups in total. The summed E-state index contributed by atoms with van der Waals surface area (Å²) in [6, 6.07) is 8.31. The van der Waals surface area contributed by atoms with Crippen LogP contribution in [0.15, 0.2) is 30.6 Å². The van der Waals surface area contributed by atoms with Crippen LogP contribution in [0.4, 0.5) is 0 Å². The first-order valence-corrected chi connectivity index (χ1v) is 6.63. The molecule has 0 amide bonds. The Balaban J connectivity index is 1.86. The predicted molar refractivity (Wildman–Crippen MR) is 73.9 cm³/mol. The Morgan fingerprint density at radius 1 is 1.26 bits per heavy atom. The minimum absolute atomic E-state index is 0.211. The van der Waals surface area contributed by atoms with Gasteiger partial charge in [0.1, 0.15) is 17.9 Å². The zero-order valence-electron chi connectivity index (χ0n) is 11.5. The molecule has 0 saturated carbocycles. The minimum Gasteiger partial charge on any atom is -0.299 e. The topological polar surface area (TPSA) is 47.8 Å². The van der Waals surface area contributed by atoms with Crippen molar-refractivity contribution >= 4 is 5.78 Å². The highest BCUT2D eigenvalue weighted by atomic mass is 16.1. The molecule has 0 aliphatic rings. The highest BCUT2D eigenvalue weighted by Gasteiger charge is 2.09. The second-order valence-corrected chi connectivity index (χ2v) is 4.69. The molecular weight excluding hydrogens is 238 g/mol. The summed E-state index contributed by atoms with van der Waals surface area (Å²) in [4.78, 5) is 16.1. The summed E-state index contributed by atoms with van der Waals surface area (Å²) in [6.45, 7) is 4.81. The quantitative estimate of drug-likeness (QED) is 0.798. The number of hydrogen-bond acceptors (Lipinski definition) is 3. The van der Waals surface area contributed by atoms with Gasteiger partial charge in [0.25, 0.3) is 0 Å². The van der Waals surface area contributed by atoms with Crippen LogP contribution in [0, 0.1) is 6.92 Å². The van der Waals surface area contributed by atoms with Crippen LogP contribution in [0.1, 0.15) is 30.3 Å². The van der Waals surface area contributed by atoms with Gasteiger partial charge in [-0.1, -0.05) is 29.8 Å². The number of carbonyl (C=O) groups excluding carboxylic acids is 1. The Hall–Kier alpha value is -1.97. The fourth-order valence-electron chi connectivity index (χ4n) is 1.99. The van der Waals surface area contributed by atoms with Crippen LogP contribution in [0.5, 0.6) is 0 Å². The van der Waals surface area contributed by atoms with E-state index >= 15 is 0 Å². The number of aryl methyl sites for hydroxylation is 3. The van der Waals surface area contributed by atoms with E-state index in [9.17, 15) is 4.79 Å². The third kappa shape index (κ3) is 3.74. The van der Waals surface area contributed by atoms with Crippen LogP contribution in [-0.4, -0.2) is 20.5 Å². The van der Waals surface area contributed by atoms with Crippen molar-refractivity contribution in [2.75, 3.05) is 0 Å². The van der Waals surface area contributed by atoms with Crippen LogP contribution in [-0.2, 0) is 24.2 Å². The van der Waals surface area contributed by atoms with Gasteiger partial charge in [-0.3, -0.25) is 4.79 Å². The SMILES string of the molecule is CCn1ncnc1CC(=O)CCc1ccc(C)cc1. The van der Waals surface area contributed by atoms with Gasteiger partial charge in [-0.2, -0.15) is 5.10 Å². The van der Waals surface area contributed by atoms with Gasteiger partial charge in [0.2, 0.25) is 0 Å². The average molecular weight is 257 g/mol. The van der Waals surface area contributed by atoms with Crippen molar-refractivity contribution in [2.24, 2.45) is 0 Å². The first-order chi connectivity index (χ1) is 9.19. The van der Waals surface area contributed by atoms with E-state index in [1.807, 2.05) is 6.92 Å². The van der Waals surface area contributed by atoms with Crippen molar-refractivity contribution in [2.45, 2.75) is 39.7 Å². The molecule has 1 aromatic carbocycles. The number of rotatable bonds is 6. The summed E-state index contributed by atoms with van der Waals surface area (Å²) in [7, 11) is 0. The lowest BCUT2D eigenvalue weighted by Gasteiger charge is -2.03. The smallest absolute Gasteiger partial charge is 0.140 e. The molecule has 0 fully saturated rings. The monoisotopic (exact) mass is 257 g/mol. The highest BCUT2D eigenvalue weighted by molar-refractivity contribution is 5.80. The average Bonchev–Trinajstić information content (AvgIpc) is 2.85. The van der Waals surface area contributed by atoms with Crippen LogP contribution in [0.3, 0.4) is 0 Å². The summed E-state index contributed by atoms with van der Waals surface area (Å²) < 4.78 is 1.77. The van der Waals surface area contributed by atoms with E-state index in [1.165, 1.54) is 17.5 Å². The standard InChI is InChI=1S/C15H19N3O/c1-3-18-15(16-11-17-18)10-14(19)9-8-13-6-4-12(2)5-7-13/h4-7,11H,3,8-10H2,1-2H3. The first-order valence-electron chi connectivity index (χ1n) is 6.63. The minimum atomic E-state index is 0.211. The van der Waals surface area contributed by atoms with Gasteiger partial charge in [-0.05, 0) is 25.8 Å². The molecule has 2 rings (SSSR count). The van der Waals surface area contributed by atoms with Crippen molar-refractivity contribution in [1.29, 1.82) is 0 Å². The van der Waals surface area contributed by atoms with Crippen LogP contribution in [0.25, 0.3) is 0 Å². The fourth-order valence-corrected chi connectivity index (χ4v) is 1.99. The molecular formula is C15H19N3O. The largest absolute Gasteiger partial charge is 0.299 e. The molecule has 19 heavy (non-hydrogen) atoms. The van der Waals surface area contributed by atoms with Crippen LogP contribution >= 0.6 is 0 Å². The van der Waals surface area contributed by atoms with Crippen molar-refractivity contribution in [3.05, 3.63) is 47.5 Å². The summed E-state index contributed by atoms with van der Waals surface area (Å²) in [5.74, 6) is 0.972. The van der Waals surface area contributed by atoms with Crippen LogP contribution < -0.4 is 0 Å². The first kappa shape index (κ1) is 13.5. The van der Waals surface area contributed by atoms with E-state index in [1.54, 1.807) is 4.68 Å². The molecule has 1 aromatic heterocycles. The summed E-state index contributed by atoms with van der Waals surface area (Å²) in [6.07, 6.45) is 3.23. The Kier molecular flexibility index (Phi) is 4.44. The molecule has 0 unspecified atom stereocenters. The van der Waals surface area contributed by atoms with Gasteiger partial charge < -0.3 is 0 Å². The van der Waals surface area contributed by atoms with Crippen molar-refractivity contribution in [3.63, 3.8) is 0 Å². The number of aromatic nitrogens is 3. The van der Waals surface area contributed by atoms with Crippen molar-refractivity contribution in [1.82, 2.24) is 14.8 Å². The number of Topliss-reactive ketones (excluding diaryl/α,β-unsaturated/α-hetero) is 1. The van der Waals surface area contributed by atoms with Crippen molar-refractivity contribution in [3.8, 4) is 0 Å². The molecule has 0 aliphatic heterocycles. The van der Waals surface area contributed by atoms with Gasteiger partial charge in [-0.25, -0.2) is 9.67 Å². The van der Waals surface area contributed by atoms with E-state index in [0.717, 1.165) is 18.8 Å². The van der Waals surface area contributed by atoms with E-state index in [-0.39, 0.29) is 5.78 Å². The Morgan fingerprint density at radius 2 is 2.00 bits per heavy atom. The van der Waals surface area contributed by atoms with E-state index < -0.39 is 0 Å². The molecule has 2 aromatic rings. The van der Waals surface area contributed by atoms with Gasteiger partial charge in [0.15, 0.2) is 0 Å². The molecule has 4 heteroatoms. The molecule has 0 aliphatic carbocycles. The normalized spacial score (nSPS) is 10.6. The summed E-state index contributed by atoms with van der Waals surface area (Å²) in [5, 5.41) is 4.07. The van der Waals surface area contributed by atoms with Gasteiger partial charge in [0.05, 0.1) is 6.42 Å². The lowest BCUT2D eigenvalue weighted by Crippen LogP contribution is -2.11. The Morgan fingerprint density at radius 3 is 2.68 bits per heavy atom. The maximum atomic E-state index is 11.9. The lowest BCUT2D eigenvalue weighted by atomic mass is 10.0. The molecule has 0 bridgehead atoms. The van der Waals surface area contributed by atoms with E-state index in [0.29, 0.717) is 12.8 Å². The molecule has 0 atom stereocenters. The molecule has 100 valence electrons. The second-order valence-electron chi connectivity index (χ2n) is 4.69. The third-order valence-electron chi connectivity index (χ3n) is 3.16. The fraction of sp³-hybridized carbons (Fsp3) is 0.400. The number of nitrogens with zero attached hydrogens (tertiary/aromatic N) is 3. The maximum absolute atomic E-state index is 11.9. The van der Waals surface area contributed by atoms with E-state index in [4.69, 9.17) is 0 Å². The molecule has 0 radical (unpaired) electrons. The second kappa shape index (κ2) is 6.27. The molecule has 4 nitrogen and oxygen atoms in total. The highest BCUT2D eigenvalue weighted by Crippen LogP contribution is 2.07. The van der Waals surface area contributed by atoms with Gasteiger partial charge in [-0.15, -0.1) is 0 Å². The maximum Gasteiger partial charge on any atom is 0.140 e. The molecule has 1 heterocycles. The van der Waals surface area contributed by atoms with Crippen LogP contribution in [0.2, 0.25) is 0 Å².